The molecule has 4 atom stereocenters. The summed E-state index contributed by atoms with van der Waals surface area (Å²) in [6.45, 7) is 4.06. The Hall–Kier alpha value is -1.18. The molecule has 0 aromatic rings. The molecule has 1 aliphatic heterocycles. The van der Waals surface area contributed by atoms with E-state index in [1.807, 2.05) is 0 Å². The molecule has 0 aromatic carbocycles. The molecular formula is C42H80O7. The second-order valence-electron chi connectivity index (χ2n) is 14.9. The summed E-state index contributed by atoms with van der Waals surface area (Å²) in [7, 11) is 0. The van der Waals surface area contributed by atoms with E-state index in [-0.39, 0.29) is 25.0 Å². The molecule has 49 heavy (non-hydrogen) atoms. The van der Waals surface area contributed by atoms with Crippen molar-refractivity contribution in [2.45, 2.75) is 244 Å². The number of hydrogen-bond acceptors (Lipinski definition) is 7. The smallest absolute Gasteiger partial charge is 0.306 e. The lowest BCUT2D eigenvalue weighted by molar-refractivity contribution is -0.169. The van der Waals surface area contributed by atoms with Gasteiger partial charge in [-0.1, -0.05) is 194 Å². The number of esters is 2. The third-order valence-electron chi connectivity index (χ3n) is 10.2. The third kappa shape index (κ3) is 26.3. The average Bonchev–Trinajstić information content (AvgIpc) is 3.48. The molecule has 0 unspecified atom stereocenters. The highest BCUT2D eigenvalue weighted by atomic mass is 16.6. The van der Waals surface area contributed by atoms with E-state index in [0.717, 1.165) is 38.5 Å². The van der Waals surface area contributed by atoms with E-state index < -0.39 is 31.0 Å². The Kier molecular flexibility index (Phi) is 31.7. The topological polar surface area (TPSA) is 102 Å². The Morgan fingerprint density at radius 2 is 0.837 bits per heavy atom. The van der Waals surface area contributed by atoms with Crippen molar-refractivity contribution in [3.05, 3.63) is 0 Å². The van der Waals surface area contributed by atoms with Crippen molar-refractivity contribution >= 4 is 11.9 Å². The van der Waals surface area contributed by atoms with E-state index in [4.69, 9.17) is 14.2 Å². The minimum Gasteiger partial charge on any atom is -0.456 e. The Labute approximate surface area is 302 Å². The number of unbranched alkanes of at least 4 members (excludes halogenated alkanes) is 28. The maximum atomic E-state index is 12.7. The fourth-order valence-corrected chi connectivity index (χ4v) is 7.00. The number of ether oxygens (including phenoxy) is 3. The van der Waals surface area contributed by atoms with Crippen molar-refractivity contribution < 1.29 is 34.0 Å². The fraction of sp³-hybridized carbons (Fsp3) is 0.952. The van der Waals surface area contributed by atoms with Crippen LogP contribution in [0.2, 0.25) is 0 Å². The van der Waals surface area contributed by atoms with Crippen LogP contribution in [0.15, 0.2) is 0 Å². The van der Waals surface area contributed by atoms with Gasteiger partial charge in [0, 0.05) is 12.8 Å². The molecule has 7 heteroatoms. The minimum absolute atomic E-state index is 0.0449. The zero-order valence-electron chi connectivity index (χ0n) is 32.3. The molecule has 290 valence electrons. The van der Waals surface area contributed by atoms with Crippen molar-refractivity contribution in [3.8, 4) is 0 Å². The lowest BCUT2D eigenvalue weighted by atomic mass is 10.0. The maximum absolute atomic E-state index is 12.7. The molecule has 2 N–H and O–H groups in total. The Balaban J connectivity index is 2.12. The molecule has 0 spiro atoms. The summed E-state index contributed by atoms with van der Waals surface area (Å²) in [5, 5.41) is 19.7. The molecule has 0 aliphatic carbocycles. The molecule has 7 nitrogen and oxygen atoms in total. The van der Waals surface area contributed by atoms with Crippen LogP contribution in [-0.2, 0) is 23.8 Å². The number of hydrogen-bond donors (Lipinski definition) is 2. The largest absolute Gasteiger partial charge is 0.456 e. The minimum atomic E-state index is -1.21. The number of carbonyl (C=O) groups excluding carboxylic acids is 2. The molecule has 1 heterocycles. The van der Waals surface area contributed by atoms with Crippen LogP contribution in [-0.4, -0.2) is 59.8 Å². The van der Waals surface area contributed by atoms with Gasteiger partial charge in [-0.3, -0.25) is 9.59 Å². The lowest BCUT2D eigenvalue weighted by Gasteiger charge is -2.25. The van der Waals surface area contributed by atoms with Gasteiger partial charge in [-0.2, -0.15) is 0 Å². The molecule has 1 saturated heterocycles. The molecule has 0 aromatic heterocycles. The SMILES string of the molecule is CCCCCCCCCCCCCCCCCC(=O)O[C@H]1[C@@H]([C@H](O)CO)OC[C@@H]1OC(=O)CCCCCCCCCCCCCCCCC. The summed E-state index contributed by atoms with van der Waals surface area (Å²) in [4.78, 5) is 25.3. The average molecular weight is 697 g/mol. The van der Waals surface area contributed by atoms with Crippen LogP contribution < -0.4 is 0 Å². The van der Waals surface area contributed by atoms with Crippen LogP contribution in [0.5, 0.6) is 0 Å². The predicted octanol–water partition coefficient (Wildman–Crippen LogP) is 11.1. The number of aliphatic hydroxyl groups excluding tert-OH is 2. The summed E-state index contributed by atoms with van der Waals surface area (Å²) in [6, 6.07) is 0. The zero-order chi connectivity index (χ0) is 35.6. The first-order valence-electron chi connectivity index (χ1n) is 21.3. The first-order valence-corrected chi connectivity index (χ1v) is 21.3. The van der Waals surface area contributed by atoms with Crippen molar-refractivity contribution in [1.82, 2.24) is 0 Å². The Morgan fingerprint density at radius 1 is 0.531 bits per heavy atom. The van der Waals surface area contributed by atoms with Gasteiger partial charge in [0.2, 0.25) is 0 Å². The van der Waals surface area contributed by atoms with Gasteiger partial charge in [0.1, 0.15) is 12.2 Å². The number of carbonyl (C=O) groups is 2. The van der Waals surface area contributed by atoms with Crippen LogP contribution in [0, 0.1) is 0 Å². The predicted molar refractivity (Wildman–Crippen MR) is 202 cm³/mol. The van der Waals surface area contributed by atoms with Crippen molar-refractivity contribution in [1.29, 1.82) is 0 Å². The molecule has 1 fully saturated rings. The quantitative estimate of drug-likeness (QED) is 0.0496. The Bertz CT molecular complexity index is 745. The summed E-state index contributed by atoms with van der Waals surface area (Å²) in [5.41, 5.74) is 0. The normalized spacial score (nSPS) is 18.2. The highest BCUT2D eigenvalue weighted by Crippen LogP contribution is 2.25. The number of aliphatic hydroxyl groups is 2. The van der Waals surface area contributed by atoms with Crippen LogP contribution in [0.3, 0.4) is 0 Å². The molecule has 0 bridgehead atoms. The van der Waals surface area contributed by atoms with Gasteiger partial charge in [-0.25, -0.2) is 0 Å². The van der Waals surface area contributed by atoms with Gasteiger partial charge in [0.05, 0.1) is 13.2 Å². The van der Waals surface area contributed by atoms with Crippen LogP contribution in [0.4, 0.5) is 0 Å². The van der Waals surface area contributed by atoms with Gasteiger partial charge in [0.15, 0.2) is 12.2 Å². The molecule has 0 saturated carbocycles. The van der Waals surface area contributed by atoms with Gasteiger partial charge < -0.3 is 24.4 Å². The summed E-state index contributed by atoms with van der Waals surface area (Å²) in [6.07, 6.45) is 34.8. The first-order chi connectivity index (χ1) is 24.0. The van der Waals surface area contributed by atoms with E-state index in [2.05, 4.69) is 13.8 Å². The summed E-state index contributed by atoms with van der Waals surface area (Å²) >= 11 is 0. The third-order valence-corrected chi connectivity index (χ3v) is 10.2. The number of rotatable bonds is 36. The second-order valence-corrected chi connectivity index (χ2v) is 14.9. The van der Waals surface area contributed by atoms with Gasteiger partial charge in [-0.15, -0.1) is 0 Å². The van der Waals surface area contributed by atoms with E-state index in [1.54, 1.807) is 0 Å². The maximum Gasteiger partial charge on any atom is 0.306 e. The van der Waals surface area contributed by atoms with Crippen LogP contribution in [0.1, 0.15) is 219 Å². The second kappa shape index (κ2) is 33.9. The molecule has 1 rings (SSSR count). The van der Waals surface area contributed by atoms with Crippen LogP contribution in [0.25, 0.3) is 0 Å². The van der Waals surface area contributed by atoms with Gasteiger partial charge >= 0.3 is 11.9 Å². The fourth-order valence-electron chi connectivity index (χ4n) is 7.00. The lowest BCUT2D eigenvalue weighted by Crippen LogP contribution is -2.44. The van der Waals surface area contributed by atoms with E-state index >= 15 is 0 Å². The molecule has 0 radical (unpaired) electrons. The molecule has 1 aliphatic rings. The summed E-state index contributed by atoms with van der Waals surface area (Å²) < 4.78 is 17.0. The van der Waals surface area contributed by atoms with Crippen molar-refractivity contribution in [3.63, 3.8) is 0 Å². The van der Waals surface area contributed by atoms with Gasteiger partial charge in [0.25, 0.3) is 0 Å². The highest BCUT2D eigenvalue weighted by molar-refractivity contribution is 5.70. The van der Waals surface area contributed by atoms with Crippen molar-refractivity contribution in [2.75, 3.05) is 13.2 Å². The summed E-state index contributed by atoms with van der Waals surface area (Å²) in [5.74, 6) is -0.699. The standard InChI is InChI=1S/C42H80O7/c1-3-5-7-9-11-13-15-17-19-21-23-25-27-29-31-33-39(45)48-38-36-47-41(37(44)35-43)42(38)49-40(46)34-32-30-28-26-24-22-20-18-16-14-12-10-8-6-4-2/h37-38,41-44H,3-36H2,1-2H3/t37-,38+,41-,42-/m1/s1. The first kappa shape index (κ1) is 45.8. The molecule has 0 amide bonds. The van der Waals surface area contributed by atoms with E-state index in [0.29, 0.717) is 6.42 Å². The Morgan fingerprint density at radius 3 is 1.16 bits per heavy atom. The van der Waals surface area contributed by atoms with Crippen molar-refractivity contribution in [2.24, 2.45) is 0 Å². The van der Waals surface area contributed by atoms with Crippen LogP contribution >= 0.6 is 0 Å². The van der Waals surface area contributed by atoms with Gasteiger partial charge in [-0.05, 0) is 12.8 Å². The highest BCUT2D eigenvalue weighted by Gasteiger charge is 2.45. The monoisotopic (exact) mass is 697 g/mol. The zero-order valence-corrected chi connectivity index (χ0v) is 32.3. The van der Waals surface area contributed by atoms with E-state index in [1.165, 1.54) is 154 Å². The molecular weight excluding hydrogens is 616 g/mol. The van der Waals surface area contributed by atoms with E-state index in [9.17, 15) is 19.8 Å².